The van der Waals surface area contributed by atoms with Gasteiger partial charge in [0, 0.05) is 11.8 Å². The van der Waals surface area contributed by atoms with Crippen molar-refractivity contribution in [3.8, 4) is 16.9 Å². The lowest BCUT2D eigenvalue weighted by molar-refractivity contribution is 0.475. The largest absolute Gasteiger partial charge is 0.508 e. The van der Waals surface area contributed by atoms with Gasteiger partial charge in [0.15, 0.2) is 0 Å². The molecule has 5 heteroatoms. The van der Waals surface area contributed by atoms with Crippen molar-refractivity contribution in [1.82, 2.24) is 14.5 Å². The molecule has 2 aromatic carbocycles. The van der Waals surface area contributed by atoms with Gasteiger partial charge in [0.25, 0.3) is 0 Å². The van der Waals surface area contributed by atoms with Crippen LogP contribution in [0.15, 0.2) is 67.1 Å². The Morgan fingerprint density at radius 1 is 1.04 bits per heavy atom. The van der Waals surface area contributed by atoms with Gasteiger partial charge in [-0.3, -0.25) is 0 Å². The molecule has 0 fully saturated rings. The van der Waals surface area contributed by atoms with Crippen molar-refractivity contribution in [3.63, 3.8) is 0 Å². The Hall–Kier alpha value is -3.34. The average Bonchev–Trinajstić information content (AvgIpc) is 3.03. The van der Waals surface area contributed by atoms with E-state index in [1.165, 1.54) is 11.9 Å². The summed E-state index contributed by atoms with van der Waals surface area (Å²) < 4.78 is 2.10. The first-order valence-corrected chi connectivity index (χ1v) is 8.10. The van der Waals surface area contributed by atoms with Crippen molar-refractivity contribution in [2.24, 2.45) is 0 Å². The van der Waals surface area contributed by atoms with E-state index in [4.69, 9.17) is 5.73 Å². The summed E-state index contributed by atoms with van der Waals surface area (Å²) in [5.74, 6) is 0.646. The molecule has 4 rings (SSSR count). The number of nitrogens with two attached hydrogens (primary N) is 1. The van der Waals surface area contributed by atoms with Gasteiger partial charge < -0.3 is 15.4 Å². The number of aromatic hydroxyl groups is 1. The lowest BCUT2D eigenvalue weighted by Gasteiger charge is -2.15. The number of fused-ring (bicyclic) bond motifs is 1. The molecular weight excluding hydrogens is 312 g/mol. The maximum absolute atomic E-state index is 9.84. The number of benzene rings is 2. The summed E-state index contributed by atoms with van der Waals surface area (Å²) in [6.45, 7) is 2.12. The van der Waals surface area contributed by atoms with Crippen molar-refractivity contribution >= 4 is 16.9 Å². The summed E-state index contributed by atoms with van der Waals surface area (Å²) in [6.07, 6.45) is 3.51. The summed E-state index contributed by atoms with van der Waals surface area (Å²) in [4.78, 5) is 8.62. The van der Waals surface area contributed by atoms with Crippen molar-refractivity contribution in [2.75, 3.05) is 5.73 Å². The van der Waals surface area contributed by atoms with Gasteiger partial charge in [0.1, 0.15) is 23.5 Å². The van der Waals surface area contributed by atoms with E-state index in [1.54, 1.807) is 12.1 Å². The van der Waals surface area contributed by atoms with Crippen LogP contribution in [0, 0.1) is 0 Å². The molecule has 0 bridgehead atoms. The molecule has 0 aliphatic heterocycles. The number of hydrogen-bond donors (Lipinski definition) is 2. The minimum absolute atomic E-state index is 0.0871. The van der Waals surface area contributed by atoms with Gasteiger partial charge >= 0.3 is 0 Å². The van der Waals surface area contributed by atoms with Gasteiger partial charge in [-0.05, 0) is 30.2 Å². The molecule has 5 nitrogen and oxygen atoms in total. The highest BCUT2D eigenvalue weighted by atomic mass is 16.3. The lowest BCUT2D eigenvalue weighted by Crippen LogP contribution is -2.06. The van der Waals surface area contributed by atoms with Gasteiger partial charge in [0.2, 0.25) is 0 Å². The zero-order valence-electron chi connectivity index (χ0n) is 13.8. The van der Waals surface area contributed by atoms with Gasteiger partial charge in [0.05, 0.1) is 11.4 Å². The molecular formula is C20H18N4O. The third-order valence-electron chi connectivity index (χ3n) is 4.50. The van der Waals surface area contributed by atoms with Crippen LogP contribution in [0.3, 0.4) is 0 Å². The number of phenolic OH excluding ortho intramolecular Hbond substituents is 1. The summed E-state index contributed by atoms with van der Waals surface area (Å²) in [5, 5.41) is 10.6. The molecule has 2 heterocycles. The van der Waals surface area contributed by atoms with E-state index in [-0.39, 0.29) is 11.8 Å². The second-order valence-electron chi connectivity index (χ2n) is 6.04. The molecule has 3 N–H and O–H groups in total. The highest BCUT2D eigenvalue weighted by molar-refractivity contribution is 6.00. The van der Waals surface area contributed by atoms with E-state index < -0.39 is 0 Å². The van der Waals surface area contributed by atoms with Gasteiger partial charge in [-0.25, -0.2) is 9.97 Å². The van der Waals surface area contributed by atoms with E-state index >= 15 is 0 Å². The highest BCUT2D eigenvalue weighted by Gasteiger charge is 2.19. The van der Waals surface area contributed by atoms with Gasteiger partial charge in [-0.2, -0.15) is 0 Å². The molecule has 0 aliphatic rings. The van der Waals surface area contributed by atoms with Crippen LogP contribution in [0.1, 0.15) is 18.5 Å². The van der Waals surface area contributed by atoms with Crippen molar-refractivity contribution in [1.29, 1.82) is 0 Å². The Labute approximate surface area is 145 Å². The molecule has 0 saturated carbocycles. The molecule has 0 saturated heterocycles. The van der Waals surface area contributed by atoms with Crippen molar-refractivity contribution in [2.45, 2.75) is 13.0 Å². The number of hydrogen-bond acceptors (Lipinski definition) is 4. The summed E-state index contributed by atoms with van der Waals surface area (Å²) >= 11 is 0. The molecule has 0 spiro atoms. The lowest BCUT2D eigenvalue weighted by atomic mass is 10.1. The fraction of sp³-hybridized carbons (Fsp3) is 0.100. The van der Waals surface area contributed by atoms with Crippen LogP contribution in [0.2, 0.25) is 0 Å². The Kier molecular flexibility index (Phi) is 3.61. The second-order valence-corrected chi connectivity index (χ2v) is 6.04. The molecule has 124 valence electrons. The predicted molar refractivity (Wildman–Crippen MR) is 99.3 cm³/mol. The van der Waals surface area contributed by atoms with Crippen molar-refractivity contribution < 1.29 is 5.11 Å². The topological polar surface area (TPSA) is 77.0 Å². The third kappa shape index (κ3) is 2.59. The van der Waals surface area contributed by atoms with E-state index in [9.17, 15) is 5.11 Å². The quantitative estimate of drug-likeness (QED) is 0.595. The standard InChI is InChI=1S/C20H18N4O/c1-13(14-6-3-2-4-7-14)24-11-17(15-8-5-9-16(25)10-15)18-19(21)22-12-23-20(18)24/h2-13,25H,1H3,(H2,21,22,23). The van der Waals surface area contributed by atoms with Crippen LogP contribution in [-0.4, -0.2) is 19.6 Å². The first-order valence-electron chi connectivity index (χ1n) is 8.10. The molecule has 25 heavy (non-hydrogen) atoms. The summed E-state index contributed by atoms with van der Waals surface area (Å²) in [7, 11) is 0. The molecule has 1 unspecified atom stereocenters. The zero-order chi connectivity index (χ0) is 17.4. The Bertz CT molecular complexity index is 1040. The van der Waals surface area contributed by atoms with Crippen LogP contribution in [-0.2, 0) is 0 Å². The van der Waals surface area contributed by atoms with E-state index in [2.05, 4.69) is 33.6 Å². The summed E-state index contributed by atoms with van der Waals surface area (Å²) in [5.41, 5.74) is 9.91. The van der Waals surface area contributed by atoms with Crippen molar-refractivity contribution in [3.05, 3.63) is 72.7 Å². The molecule has 2 aromatic heterocycles. The minimum Gasteiger partial charge on any atom is -0.508 e. The maximum atomic E-state index is 9.84. The number of nitrogen functional groups attached to an aromatic ring is 1. The molecule has 0 amide bonds. The Balaban J connectivity index is 1.97. The normalized spacial score (nSPS) is 12.4. The first-order chi connectivity index (χ1) is 12.1. The maximum Gasteiger partial charge on any atom is 0.146 e. The third-order valence-corrected chi connectivity index (χ3v) is 4.50. The molecule has 0 radical (unpaired) electrons. The van der Waals surface area contributed by atoms with Gasteiger partial charge in [-0.15, -0.1) is 0 Å². The zero-order valence-corrected chi connectivity index (χ0v) is 13.8. The van der Waals surface area contributed by atoms with E-state index in [0.717, 1.165) is 22.2 Å². The highest BCUT2D eigenvalue weighted by Crippen LogP contribution is 2.36. The number of nitrogens with zero attached hydrogens (tertiary/aromatic N) is 3. The monoisotopic (exact) mass is 330 g/mol. The average molecular weight is 330 g/mol. The smallest absolute Gasteiger partial charge is 0.146 e. The predicted octanol–water partition coefficient (Wildman–Crippen LogP) is 4.00. The van der Waals surface area contributed by atoms with E-state index in [1.807, 2.05) is 36.5 Å². The van der Waals surface area contributed by atoms with Crippen LogP contribution >= 0.6 is 0 Å². The molecule has 1 atom stereocenters. The first kappa shape index (κ1) is 15.2. The molecule has 4 aromatic rings. The summed E-state index contributed by atoms with van der Waals surface area (Å²) in [6, 6.07) is 17.4. The Morgan fingerprint density at radius 2 is 1.84 bits per heavy atom. The number of anilines is 1. The van der Waals surface area contributed by atoms with Gasteiger partial charge in [-0.1, -0.05) is 42.5 Å². The number of aromatic nitrogens is 3. The number of rotatable bonds is 3. The Morgan fingerprint density at radius 3 is 2.60 bits per heavy atom. The SMILES string of the molecule is CC(c1ccccc1)n1cc(-c2cccc(O)c2)c2c(N)ncnc21. The number of phenols is 1. The fourth-order valence-corrected chi connectivity index (χ4v) is 3.19. The molecule has 0 aliphatic carbocycles. The van der Waals surface area contributed by atoms with Crippen LogP contribution in [0.5, 0.6) is 5.75 Å². The fourth-order valence-electron chi connectivity index (χ4n) is 3.19. The van der Waals surface area contributed by atoms with Crippen LogP contribution in [0.25, 0.3) is 22.2 Å². The van der Waals surface area contributed by atoms with E-state index in [0.29, 0.717) is 5.82 Å². The minimum atomic E-state index is 0.0871. The van der Waals surface area contributed by atoms with Crippen LogP contribution in [0.4, 0.5) is 5.82 Å². The second kappa shape index (κ2) is 5.94. The van der Waals surface area contributed by atoms with Crippen LogP contribution < -0.4 is 5.73 Å².